The van der Waals surface area contributed by atoms with Crippen LogP contribution in [0.15, 0.2) is 35.3 Å². The molecule has 1 aliphatic carbocycles. The summed E-state index contributed by atoms with van der Waals surface area (Å²) in [6.45, 7) is 6.10. The normalized spacial score (nSPS) is 15.7. The zero-order chi connectivity index (χ0) is 13.2. The lowest BCUT2D eigenvalue weighted by Crippen LogP contribution is -2.03. The lowest BCUT2D eigenvalue weighted by Gasteiger charge is -2.12. The second kappa shape index (κ2) is 4.97. The van der Waals surface area contributed by atoms with Gasteiger partial charge in [-0.1, -0.05) is 24.2 Å². The van der Waals surface area contributed by atoms with Gasteiger partial charge >= 0.3 is 0 Å². The van der Waals surface area contributed by atoms with Crippen LogP contribution in [0.4, 0.5) is 0 Å². The third-order valence-electron chi connectivity index (χ3n) is 2.93. The van der Waals surface area contributed by atoms with Gasteiger partial charge in [0.25, 0.3) is 0 Å². The molecule has 0 bridgehead atoms. The highest BCUT2D eigenvalue weighted by atomic mass is 35.5. The van der Waals surface area contributed by atoms with Crippen LogP contribution in [-0.2, 0) is 10.3 Å². The Hall–Kier alpha value is -1.57. The van der Waals surface area contributed by atoms with Crippen molar-refractivity contribution in [2.24, 2.45) is 4.99 Å². The van der Waals surface area contributed by atoms with Gasteiger partial charge in [-0.2, -0.15) is 4.99 Å². The van der Waals surface area contributed by atoms with E-state index in [1.807, 2.05) is 19.1 Å². The van der Waals surface area contributed by atoms with Gasteiger partial charge < -0.3 is 4.74 Å². The average molecular weight is 264 g/mol. The molecule has 4 heteroatoms. The molecule has 0 radical (unpaired) electrons. The second-order valence-electron chi connectivity index (χ2n) is 4.63. The van der Waals surface area contributed by atoms with Crippen molar-refractivity contribution >= 4 is 17.7 Å². The predicted octanol–water partition coefficient (Wildman–Crippen LogP) is 3.62. The van der Waals surface area contributed by atoms with Crippen molar-refractivity contribution in [3.63, 3.8) is 0 Å². The molecule has 0 spiro atoms. The Labute approximate surface area is 111 Å². The van der Waals surface area contributed by atoms with Gasteiger partial charge in [-0.3, -0.25) is 0 Å². The Morgan fingerprint density at radius 3 is 2.83 bits per heavy atom. The third kappa shape index (κ3) is 2.63. The summed E-state index contributed by atoms with van der Waals surface area (Å²) in [7, 11) is 0. The maximum Gasteiger partial charge on any atom is 0.235 e. The summed E-state index contributed by atoms with van der Waals surface area (Å²) < 4.78 is 5.51. The van der Waals surface area contributed by atoms with Crippen LogP contribution in [0.2, 0.25) is 5.02 Å². The summed E-state index contributed by atoms with van der Waals surface area (Å²) in [6, 6.07) is 5.51. The van der Waals surface area contributed by atoms with Crippen molar-refractivity contribution < 1.29 is 9.53 Å². The molecule has 0 N–H and O–H groups in total. The third-order valence-corrected chi connectivity index (χ3v) is 3.22. The molecule has 94 valence electrons. The molecule has 1 aliphatic rings. The SMILES string of the molecule is C=C(C)COc1ccc(C2(N=C=O)CC2)cc1Cl. The molecule has 1 fully saturated rings. The fourth-order valence-corrected chi connectivity index (χ4v) is 2.01. The average Bonchev–Trinajstić information content (AvgIpc) is 3.09. The summed E-state index contributed by atoms with van der Waals surface area (Å²) >= 11 is 6.15. The monoisotopic (exact) mass is 263 g/mol. The van der Waals surface area contributed by atoms with Gasteiger partial charge in [-0.05, 0) is 43.0 Å². The fourth-order valence-electron chi connectivity index (χ4n) is 1.78. The van der Waals surface area contributed by atoms with Crippen molar-refractivity contribution in [2.75, 3.05) is 6.61 Å². The van der Waals surface area contributed by atoms with Gasteiger partial charge in [-0.15, -0.1) is 0 Å². The first-order valence-corrected chi connectivity index (χ1v) is 6.11. The van der Waals surface area contributed by atoms with Gasteiger partial charge in [-0.25, -0.2) is 4.79 Å². The van der Waals surface area contributed by atoms with E-state index in [0.29, 0.717) is 17.4 Å². The number of rotatable bonds is 5. The zero-order valence-corrected chi connectivity index (χ0v) is 11.0. The summed E-state index contributed by atoms with van der Waals surface area (Å²) in [5.74, 6) is 0.620. The lowest BCUT2D eigenvalue weighted by atomic mass is 10.1. The van der Waals surface area contributed by atoms with E-state index < -0.39 is 5.54 Å². The smallest absolute Gasteiger partial charge is 0.235 e. The van der Waals surface area contributed by atoms with E-state index in [1.54, 1.807) is 12.1 Å². The molecule has 0 aromatic heterocycles. The van der Waals surface area contributed by atoms with E-state index in [1.165, 1.54) is 0 Å². The molecular formula is C14H14ClNO2. The minimum Gasteiger partial charge on any atom is -0.488 e. The first-order valence-electron chi connectivity index (χ1n) is 5.74. The number of hydrogen-bond acceptors (Lipinski definition) is 3. The molecule has 0 heterocycles. The lowest BCUT2D eigenvalue weighted by molar-refractivity contribution is 0.352. The number of hydrogen-bond donors (Lipinski definition) is 0. The van der Waals surface area contributed by atoms with Crippen molar-refractivity contribution in [1.82, 2.24) is 0 Å². The van der Waals surface area contributed by atoms with E-state index in [2.05, 4.69) is 11.6 Å². The molecule has 2 rings (SSSR count). The van der Waals surface area contributed by atoms with Crippen LogP contribution in [0, 0.1) is 0 Å². The molecule has 3 nitrogen and oxygen atoms in total. The molecule has 1 aromatic rings. The van der Waals surface area contributed by atoms with Crippen LogP contribution < -0.4 is 4.74 Å². The zero-order valence-electron chi connectivity index (χ0n) is 10.2. The molecule has 18 heavy (non-hydrogen) atoms. The van der Waals surface area contributed by atoms with Crippen molar-refractivity contribution in [2.45, 2.75) is 25.3 Å². The number of benzene rings is 1. The van der Waals surface area contributed by atoms with E-state index >= 15 is 0 Å². The maximum absolute atomic E-state index is 10.4. The van der Waals surface area contributed by atoms with Crippen LogP contribution in [-0.4, -0.2) is 12.7 Å². The molecular weight excluding hydrogens is 250 g/mol. The summed E-state index contributed by atoms with van der Waals surface area (Å²) in [5, 5.41) is 0.529. The minimum atomic E-state index is -0.391. The Kier molecular flexibility index (Phi) is 3.55. The van der Waals surface area contributed by atoms with Gasteiger partial charge in [0.15, 0.2) is 0 Å². The Morgan fingerprint density at radius 1 is 1.61 bits per heavy atom. The second-order valence-corrected chi connectivity index (χ2v) is 5.03. The van der Waals surface area contributed by atoms with Gasteiger partial charge in [0.1, 0.15) is 12.4 Å². The predicted molar refractivity (Wildman–Crippen MR) is 70.8 cm³/mol. The maximum atomic E-state index is 10.4. The van der Waals surface area contributed by atoms with Crippen LogP contribution in [0.5, 0.6) is 5.75 Å². The van der Waals surface area contributed by atoms with E-state index in [4.69, 9.17) is 16.3 Å². The largest absolute Gasteiger partial charge is 0.488 e. The number of isocyanates is 1. The van der Waals surface area contributed by atoms with Gasteiger partial charge in [0, 0.05) is 0 Å². The first kappa shape index (κ1) is 12.9. The highest BCUT2D eigenvalue weighted by Crippen LogP contribution is 2.50. The first-order chi connectivity index (χ1) is 8.57. The molecule has 1 aromatic carbocycles. The molecule has 0 saturated heterocycles. The van der Waals surface area contributed by atoms with Crippen molar-refractivity contribution in [3.05, 3.63) is 40.9 Å². The number of nitrogens with zero attached hydrogens (tertiary/aromatic N) is 1. The van der Waals surface area contributed by atoms with Crippen molar-refractivity contribution in [3.8, 4) is 5.75 Å². The Bertz CT molecular complexity index is 529. The number of aliphatic imine (C=N–C) groups is 1. The summed E-state index contributed by atoms with van der Waals surface area (Å²) in [5.41, 5.74) is 1.48. The van der Waals surface area contributed by atoms with Crippen LogP contribution in [0.1, 0.15) is 25.3 Å². The molecule has 1 saturated carbocycles. The highest BCUT2D eigenvalue weighted by molar-refractivity contribution is 6.32. The van der Waals surface area contributed by atoms with Crippen molar-refractivity contribution in [1.29, 1.82) is 0 Å². The van der Waals surface area contributed by atoms with Gasteiger partial charge in [0.2, 0.25) is 6.08 Å². The number of ether oxygens (including phenoxy) is 1. The molecule has 0 amide bonds. The van der Waals surface area contributed by atoms with E-state index in [-0.39, 0.29) is 0 Å². The number of carbonyl (C=O) groups excluding carboxylic acids is 1. The fraction of sp³-hybridized carbons (Fsp3) is 0.357. The molecule has 0 aliphatic heterocycles. The Balaban J connectivity index is 2.20. The van der Waals surface area contributed by atoms with Gasteiger partial charge in [0.05, 0.1) is 10.6 Å². The number of halogens is 1. The topological polar surface area (TPSA) is 38.7 Å². The molecule has 0 atom stereocenters. The minimum absolute atomic E-state index is 0.391. The van der Waals surface area contributed by atoms with Crippen LogP contribution in [0.3, 0.4) is 0 Å². The quantitative estimate of drug-likeness (QED) is 0.462. The Morgan fingerprint density at radius 2 is 2.33 bits per heavy atom. The summed E-state index contributed by atoms with van der Waals surface area (Å²) in [4.78, 5) is 14.3. The van der Waals surface area contributed by atoms with Crippen LogP contribution in [0.25, 0.3) is 0 Å². The van der Waals surface area contributed by atoms with Crippen LogP contribution >= 0.6 is 11.6 Å². The van der Waals surface area contributed by atoms with E-state index in [0.717, 1.165) is 24.0 Å². The molecule has 0 unspecified atom stereocenters. The highest BCUT2D eigenvalue weighted by Gasteiger charge is 2.45. The summed E-state index contributed by atoms with van der Waals surface area (Å²) in [6.07, 6.45) is 3.36. The van der Waals surface area contributed by atoms with E-state index in [9.17, 15) is 4.79 Å². The standard InChI is InChI=1S/C14H14ClNO2/c1-10(2)8-18-13-4-3-11(7-12(13)15)14(5-6-14)16-9-17/h3-4,7H,1,5-6,8H2,2H3.